The molecule has 0 amide bonds. The van der Waals surface area contributed by atoms with Gasteiger partial charge in [-0.1, -0.05) is 6.07 Å². The fourth-order valence-electron chi connectivity index (χ4n) is 3.37. The number of ether oxygens (including phenoxy) is 2. The summed E-state index contributed by atoms with van der Waals surface area (Å²) in [7, 11) is 2.81. The number of aromatic amines is 1. The molecule has 0 radical (unpaired) electrons. The third kappa shape index (κ3) is 2.95. The van der Waals surface area contributed by atoms with Gasteiger partial charge in [0.05, 0.1) is 25.4 Å². The second-order valence-corrected chi connectivity index (χ2v) is 8.03. The Morgan fingerprint density at radius 2 is 1.64 bits per heavy atom. The lowest BCUT2D eigenvalue weighted by Gasteiger charge is -2.32. The number of aromatic nitrogens is 2. The number of pyridine rings is 1. The molecule has 2 aromatic heterocycles. The van der Waals surface area contributed by atoms with Gasteiger partial charge in [0.1, 0.15) is 5.65 Å². The third-order valence-corrected chi connectivity index (χ3v) is 5.77. The Kier molecular flexibility index (Phi) is 4.40. The molecule has 0 bridgehead atoms. The van der Waals surface area contributed by atoms with Crippen LogP contribution in [0, 0.1) is 0 Å². The first kappa shape index (κ1) is 18.8. The van der Waals surface area contributed by atoms with Crippen LogP contribution in [-0.4, -0.2) is 42.5 Å². The Bertz CT molecular complexity index is 1010. The normalized spacial score (nSPS) is 17.9. The summed E-state index contributed by atoms with van der Waals surface area (Å²) in [5.41, 5.74) is 2.96. The van der Waals surface area contributed by atoms with E-state index in [0.717, 1.165) is 27.6 Å². The molecule has 0 unspecified atom stereocenters. The van der Waals surface area contributed by atoms with E-state index in [2.05, 4.69) is 16.0 Å². The van der Waals surface area contributed by atoms with Gasteiger partial charge in [0.25, 0.3) is 0 Å². The molecule has 1 N–H and O–H groups in total. The zero-order valence-electron chi connectivity index (χ0n) is 17.1. The van der Waals surface area contributed by atoms with Crippen molar-refractivity contribution in [1.29, 1.82) is 0 Å². The molecule has 0 spiro atoms. The van der Waals surface area contributed by atoms with Gasteiger partial charge in [-0.3, -0.25) is 0 Å². The monoisotopic (exact) mass is 380 g/mol. The highest BCUT2D eigenvalue weighted by Crippen LogP contribution is 2.37. The van der Waals surface area contributed by atoms with Crippen LogP contribution in [0.25, 0.3) is 22.2 Å². The van der Waals surface area contributed by atoms with Crippen molar-refractivity contribution in [2.24, 2.45) is 0 Å². The lowest BCUT2D eigenvalue weighted by atomic mass is 9.79. The Morgan fingerprint density at radius 3 is 2.29 bits per heavy atom. The van der Waals surface area contributed by atoms with Crippen molar-refractivity contribution in [3.05, 3.63) is 36.7 Å². The van der Waals surface area contributed by atoms with Crippen LogP contribution in [0.1, 0.15) is 27.7 Å². The van der Waals surface area contributed by atoms with E-state index in [1.165, 1.54) is 0 Å². The molecule has 1 fully saturated rings. The summed E-state index contributed by atoms with van der Waals surface area (Å²) in [6, 6.07) is 7.94. The smallest absolute Gasteiger partial charge is 0.493 e. The number of rotatable bonds is 4. The molecule has 0 saturated carbocycles. The van der Waals surface area contributed by atoms with Crippen LogP contribution in [0.5, 0.6) is 11.5 Å². The lowest BCUT2D eigenvalue weighted by molar-refractivity contribution is 0.00578. The van der Waals surface area contributed by atoms with Crippen LogP contribution in [0.15, 0.2) is 36.7 Å². The van der Waals surface area contributed by atoms with Crippen molar-refractivity contribution in [2.75, 3.05) is 14.2 Å². The van der Waals surface area contributed by atoms with Crippen molar-refractivity contribution in [3.63, 3.8) is 0 Å². The molecule has 7 heteroatoms. The number of nitrogens with zero attached hydrogens (tertiary/aromatic N) is 1. The molecule has 0 aliphatic carbocycles. The van der Waals surface area contributed by atoms with Gasteiger partial charge >= 0.3 is 7.12 Å². The summed E-state index contributed by atoms with van der Waals surface area (Å²) in [5.74, 6) is 1.38. The highest BCUT2D eigenvalue weighted by Gasteiger charge is 2.51. The second kappa shape index (κ2) is 6.53. The number of hydrogen-bond acceptors (Lipinski definition) is 5. The summed E-state index contributed by atoms with van der Waals surface area (Å²) in [6.45, 7) is 8.18. The molecule has 3 heterocycles. The molecule has 1 aliphatic rings. The van der Waals surface area contributed by atoms with Crippen molar-refractivity contribution in [1.82, 2.24) is 9.97 Å². The third-order valence-electron chi connectivity index (χ3n) is 5.77. The van der Waals surface area contributed by atoms with Crippen molar-refractivity contribution in [2.45, 2.75) is 38.9 Å². The first-order valence-corrected chi connectivity index (χ1v) is 9.31. The Hall–Kier alpha value is -2.51. The van der Waals surface area contributed by atoms with Gasteiger partial charge in [0.15, 0.2) is 11.5 Å². The van der Waals surface area contributed by atoms with E-state index in [1.807, 2.05) is 52.1 Å². The highest BCUT2D eigenvalue weighted by molar-refractivity contribution is 6.62. The van der Waals surface area contributed by atoms with Gasteiger partial charge in [-0.2, -0.15) is 0 Å². The van der Waals surface area contributed by atoms with Gasteiger partial charge in [-0.25, -0.2) is 4.98 Å². The molecule has 1 aromatic carbocycles. The van der Waals surface area contributed by atoms with Gasteiger partial charge in [-0.15, -0.1) is 0 Å². The number of methoxy groups -OCH3 is 2. The summed E-state index contributed by atoms with van der Waals surface area (Å²) < 4.78 is 23.1. The zero-order chi connectivity index (χ0) is 20.1. The quantitative estimate of drug-likeness (QED) is 0.702. The van der Waals surface area contributed by atoms with Gasteiger partial charge < -0.3 is 23.8 Å². The molecule has 28 heavy (non-hydrogen) atoms. The van der Waals surface area contributed by atoms with E-state index < -0.39 is 18.3 Å². The first-order chi connectivity index (χ1) is 13.3. The Morgan fingerprint density at radius 1 is 0.964 bits per heavy atom. The van der Waals surface area contributed by atoms with E-state index in [4.69, 9.17) is 18.8 Å². The van der Waals surface area contributed by atoms with Gasteiger partial charge in [0.2, 0.25) is 0 Å². The standard InChI is InChI=1S/C21H25BN2O4/c1-20(2)21(3,4)28-22(27-20)14-10-15-16(12-24-19(15)23-11-14)13-7-8-17(25-5)18(9-13)26-6/h7-12H,1-6H3,(H,23,24). The minimum absolute atomic E-state index is 0.392. The fourth-order valence-corrected chi connectivity index (χ4v) is 3.37. The predicted octanol–water partition coefficient (Wildman–Crippen LogP) is 3.55. The summed E-state index contributed by atoms with van der Waals surface area (Å²) in [5, 5.41) is 0.999. The SMILES string of the molecule is COc1ccc(-c2c[nH]c3ncc(B4OC(C)(C)C(C)(C)O4)cc23)cc1OC. The van der Waals surface area contributed by atoms with Crippen LogP contribution in [0.2, 0.25) is 0 Å². The Labute approximate surface area is 165 Å². The van der Waals surface area contributed by atoms with E-state index in [9.17, 15) is 0 Å². The number of fused-ring (bicyclic) bond motifs is 1. The summed E-state index contributed by atoms with van der Waals surface area (Å²) in [6.07, 6.45) is 3.76. The predicted molar refractivity (Wildman–Crippen MR) is 110 cm³/mol. The average Bonchev–Trinajstić information content (AvgIpc) is 3.18. The Balaban J connectivity index is 1.76. The maximum Gasteiger partial charge on any atom is 0.496 e. The van der Waals surface area contributed by atoms with Crippen LogP contribution >= 0.6 is 0 Å². The van der Waals surface area contributed by atoms with Crippen LogP contribution in [-0.2, 0) is 9.31 Å². The van der Waals surface area contributed by atoms with E-state index in [1.54, 1.807) is 20.4 Å². The molecule has 1 saturated heterocycles. The van der Waals surface area contributed by atoms with Crippen LogP contribution in [0.3, 0.4) is 0 Å². The molecule has 6 nitrogen and oxygen atoms in total. The largest absolute Gasteiger partial charge is 0.496 e. The number of hydrogen-bond donors (Lipinski definition) is 1. The topological polar surface area (TPSA) is 65.6 Å². The number of H-pyrrole nitrogens is 1. The van der Waals surface area contributed by atoms with E-state index >= 15 is 0 Å². The lowest BCUT2D eigenvalue weighted by Crippen LogP contribution is -2.41. The molecule has 1 aliphatic heterocycles. The maximum absolute atomic E-state index is 6.18. The van der Waals surface area contributed by atoms with Crippen molar-refractivity contribution < 1.29 is 18.8 Å². The molecule has 3 aromatic rings. The van der Waals surface area contributed by atoms with Crippen molar-refractivity contribution >= 4 is 23.6 Å². The second-order valence-electron chi connectivity index (χ2n) is 8.03. The average molecular weight is 380 g/mol. The number of nitrogens with one attached hydrogen (secondary N) is 1. The number of benzene rings is 1. The highest BCUT2D eigenvalue weighted by atomic mass is 16.7. The van der Waals surface area contributed by atoms with Crippen molar-refractivity contribution in [3.8, 4) is 22.6 Å². The van der Waals surface area contributed by atoms with Crippen LogP contribution < -0.4 is 14.9 Å². The molecule has 0 atom stereocenters. The molecule has 4 rings (SSSR count). The first-order valence-electron chi connectivity index (χ1n) is 9.31. The van der Waals surface area contributed by atoms with Gasteiger partial charge in [0, 0.05) is 28.8 Å². The van der Waals surface area contributed by atoms with E-state index in [0.29, 0.717) is 11.5 Å². The molecular formula is C21H25BN2O4. The summed E-state index contributed by atoms with van der Waals surface area (Å²) in [4.78, 5) is 7.81. The molecular weight excluding hydrogens is 355 g/mol. The maximum atomic E-state index is 6.18. The minimum atomic E-state index is -0.449. The van der Waals surface area contributed by atoms with Crippen LogP contribution in [0.4, 0.5) is 0 Å². The summed E-state index contributed by atoms with van der Waals surface area (Å²) >= 11 is 0. The van der Waals surface area contributed by atoms with E-state index in [-0.39, 0.29) is 0 Å². The zero-order valence-corrected chi connectivity index (χ0v) is 17.1. The fraction of sp³-hybridized carbons (Fsp3) is 0.381. The van der Waals surface area contributed by atoms with Gasteiger partial charge in [-0.05, 0) is 51.5 Å². The molecule has 146 valence electrons. The minimum Gasteiger partial charge on any atom is -0.493 e.